The first-order chi connectivity index (χ1) is 9.24. The summed E-state index contributed by atoms with van der Waals surface area (Å²) >= 11 is 6.12. The summed E-state index contributed by atoms with van der Waals surface area (Å²) in [7, 11) is 0. The van der Waals surface area contributed by atoms with Crippen molar-refractivity contribution in [2.45, 2.75) is 18.9 Å². The number of aliphatic hydroxyl groups excluding tert-OH is 1. The van der Waals surface area contributed by atoms with Crippen LogP contribution >= 0.6 is 11.6 Å². The zero-order chi connectivity index (χ0) is 13.2. The maximum Gasteiger partial charge on any atom is 0.122 e. The van der Waals surface area contributed by atoms with E-state index in [4.69, 9.17) is 16.3 Å². The summed E-state index contributed by atoms with van der Waals surface area (Å²) in [6.07, 6.45) is 0.909. The van der Waals surface area contributed by atoms with Crippen molar-refractivity contribution in [1.82, 2.24) is 0 Å². The van der Waals surface area contributed by atoms with E-state index in [2.05, 4.69) is 0 Å². The monoisotopic (exact) mass is 274 g/mol. The zero-order valence-corrected chi connectivity index (χ0v) is 11.2. The number of halogens is 1. The van der Waals surface area contributed by atoms with Crippen molar-refractivity contribution >= 4 is 11.6 Å². The Bertz CT molecular complexity index is 595. The first-order valence-electron chi connectivity index (χ1n) is 6.41. The predicted molar refractivity (Wildman–Crippen MR) is 75.8 cm³/mol. The van der Waals surface area contributed by atoms with Gasteiger partial charge in [0.1, 0.15) is 5.75 Å². The van der Waals surface area contributed by atoms with Gasteiger partial charge in [0.2, 0.25) is 0 Å². The van der Waals surface area contributed by atoms with Crippen molar-refractivity contribution in [2.24, 2.45) is 0 Å². The lowest BCUT2D eigenvalue weighted by Gasteiger charge is -2.13. The van der Waals surface area contributed by atoms with Crippen LogP contribution in [-0.4, -0.2) is 11.7 Å². The summed E-state index contributed by atoms with van der Waals surface area (Å²) in [4.78, 5) is 0. The Morgan fingerprint density at radius 2 is 2.05 bits per heavy atom. The molecule has 1 atom stereocenters. The van der Waals surface area contributed by atoms with E-state index < -0.39 is 6.10 Å². The summed E-state index contributed by atoms with van der Waals surface area (Å²) in [6.45, 7) is 0.736. The van der Waals surface area contributed by atoms with E-state index in [0.29, 0.717) is 11.4 Å². The number of hydrogen-bond acceptors (Lipinski definition) is 2. The molecule has 1 heterocycles. The van der Waals surface area contributed by atoms with Gasteiger partial charge in [0.25, 0.3) is 0 Å². The van der Waals surface area contributed by atoms with Crippen LogP contribution in [-0.2, 0) is 12.8 Å². The Balaban J connectivity index is 1.81. The molecule has 3 rings (SSSR count). The minimum atomic E-state index is -0.536. The van der Waals surface area contributed by atoms with Gasteiger partial charge < -0.3 is 9.84 Å². The molecule has 2 aromatic carbocycles. The van der Waals surface area contributed by atoms with Crippen molar-refractivity contribution in [3.63, 3.8) is 0 Å². The number of benzene rings is 2. The largest absolute Gasteiger partial charge is 0.493 e. The minimum absolute atomic E-state index is 0.527. The van der Waals surface area contributed by atoms with Crippen molar-refractivity contribution in [3.05, 3.63) is 64.2 Å². The van der Waals surface area contributed by atoms with Crippen LogP contribution in [0.1, 0.15) is 22.8 Å². The second-order valence-corrected chi connectivity index (χ2v) is 5.18. The quantitative estimate of drug-likeness (QED) is 0.927. The highest BCUT2D eigenvalue weighted by Crippen LogP contribution is 2.30. The van der Waals surface area contributed by atoms with Gasteiger partial charge in [0.15, 0.2) is 0 Å². The van der Waals surface area contributed by atoms with E-state index in [0.717, 1.165) is 29.9 Å². The van der Waals surface area contributed by atoms with Crippen molar-refractivity contribution in [1.29, 1.82) is 0 Å². The average molecular weight is 275 g/mol. The van der Waals surface area contributed by atoms with Gasteiger partial charge in [-0.3, -0.25) is 0 Å². The predicted octanol–water partition coefficient (Wildman–Crippen LogP) is 3.55. The lowest BCUT2D eigenvalue weighted by Crippen LogP contribution is -2.02. The number of fused-ring (bicyclic) bond motifs is 1. The van der Waals surface area contributed by atoms with Gasteiger partial charge in [-0.1, -0.05) is 35.9 Å². The van der Waals surface area contributed by atoms with Gasteiger partial charge in [0, 0.05) is 17.9 Å². The highest BCUT2D eigenvalue weighted by Gasteiger charge is 2.16. The fourth-order valence-electron chi connectivity index (χ4n) is 2.40. The second kappa shape index (κ2) is 5.24. The van der Waals surface area contributed by atoms with Crippen LogP contribution in [0.5, 0.6) is 5.75 Å². The van der Waals surface area contributed by atoms with Crippen LogP contribution in [0.2, 0.25) is 5.02 Å². The molecule has 0 spiro atoms. The molecule has 0 amide bonds. The molecule has 1 aliphatic rings. The third kappa shape index (κ3) is 2.60. The molecule has 0 aliphatic carbocycles. The van der Waals surface area contributed by atoms with E-state index in [-0.39, 0.29) is 0 Å². The molecule has 0 bridgehead atoms. The molecule has 1 N–H and O–H groups in total. The van der Waals surface area contributed by atoms with Gasteiger partial charge in [0.05, 0.1) is 12.7 Å². The molecule has 0 fully saturated rings. The smallest absolute Gasteiger partial charge is 0.122 e. The van der Waals surface area contributed by atoms with Gasteiger partial charge in [-0.25, -0.2) is 0 Å². The second-order valence-electron chi connectivity index (χ2n) is 4.78. The summed E-state index contributed by atoms with van der Waals surface area (Å²) in [5, 5.41) is 11.0. The van der Waals surface area contributed by atoms with Gasteiger partial charge in [-0.05, 0) is 34.9 Å². The highest BCUT2D eigenvalue weighted by molar-refractivity contribution is 6.31. The molecule has 98 valence electrons. The number of aliphatic hydroxyl groups is 1. The normalized spacial score (nSPS) is 14.8. The van der Waals surface area contributed by atoms with E-state index in [9.17, 15) is 5.11 Å². The van der Waals surface area contributed by atoms with Crippen molar-refractivity contribution in [2.75, 3.05) is 6.61 Å². The standard InChI is InChI=1S/C16H15ClO2/c17-14-4-2-1-3-11(14)10-15(18)12-5-6-16-13(9-12)7-8-19-16/h1-6,9,15,18H,7-8,10H2. The minimum Gasteiger partial charge on any atom is -0.493 e. The van der Waals surface area contributed by atoms with Crippen LogP contribution in [0, 0.1) is 0 Å². The fraction of sp³-hybridized carbons (Fsp3) is 0.250. The Labute approximate surface area is 117 Å². The molecule has 1 unspecified atom stereocenters. The molecule has 19 heavy (non-hydrogen) atoms. The molecule has 2 aromatic rings. The molecule has 0 aromatic heterocycles. The maximum absolute atomic E-state index is 10.3. The van der Waals surface area contributed by atoms with Gasteiger partial charge >= 0.3 is 0 Å². The summed E-state index contributed by atoms with van der Waals surface area (Å²) < 4.78 is 5.47. The van der Waals surface area contributed by atoms with Crippen molar-refractivity contribution in [3.8, 4) is 5.75 Å². The lowest BCUT2D eigenvalue weighted by atomic mass is 9.99. The molecule has 0 saturated carbocycles. The highest BCUT2D eigenvalue weighted by atomic mass is 35.5. The lowest BCUT2D eigenvalue weighted by molar-refractivity contribution is 0.178. The summed E-state index contributed by atoms with van der Waals surface area (Å²) in [5.41, 5.74) is 3.06. The Hall–Kier alpha value is -1.51. The van der Waals surface area contributed by atoms with Crippen LogP contribution in [0.25, 0.3) is 0 Å². The number of hydrogen-bond donors (Lipinski definition) is 1. The Kier molecular flexibility index (Phi) is 3.45. The van der Waals surface area contributed by atoms with E-state index in [1.807, 2.05) is 42.5 Å². The molecule has 1 aliphatic heterocycles. The van der Waals surface area contributed by atoms with Crippen molar-refractivity contribution < 1.29 is 9.84 Å². The van der Waals surface area contributed by atoms with Gasteiger partial charge in [-0.15, -0.1) is 0 Å². The number of ether oxygens (including phenoxy) is 1. The average Bonchev–Trinajstić information content (AvgIpc) is 2.88. The molecule has 0 saturated heterocycles. The summed E-state index contributed by atoms with van der Waals surface area (Å²) in [6, 6.07) is 13.5. The van der Waals surface area contributed by atoms with Crippen LogP contribution in [0.15, 0.2) is 42.5 Å². The van der Waals surface area contributed by atoms with E-state index >= 15 is 0 Å². The first-order valence-corrected chi connectivity index (χ1v) is 6.79. The zero-order valence-electron chi connectivity index (χ0n) is 10.5. The van der Waals surface area contributed by atoms with Crippen LogP contribution in [0.4, 0.5) is 0 Å². The third-order valence-electron chi connectivity index (χ3n) is 3.47. The van der Waals surface area contributed by atoms with E-state index in [1.165, 1.54) is 5.56 Å². The van der Waals surface area contributed by atoms with E-state index in [1.54, 1.807) is 0 Å². The fourth-order valence-corrected chi connectivity index (χ4v) is 2.62. The molecular weight excluding hydrogens is 260 g/mol. The molecule has 3 heteroatoms. The summed E-state index contributed by atoms with van der Waals surface area (Å²) in [5.74, 6) is 0.939. The molecule has 0 radical (unpaired) electrons. The topological polar surface area (TPSA) is 29.5 Å². The maximum atomic E-state index is 10.3. The van der Waals surface area contributed by atoms with Gasteiger partial charge in [-0.2, -0.15) is 0 Å². The van der Waals surface area contributed by atoms with Crippen LogP contribution < -0.4 is 4.74 Å². The number of rotatable bonds is 3. The SMILES string of the molecule is OC(Cc1ccccc1Cl)c1ccc2c(c1)CCO2. The Morgan fingerprint density at radius 3 is 2.89 bits per heavy atom. The third-order valence-corrected chi connectivity index (χ3v) is 3.84. The Morgan fingerprint density at radius 1 is 1.21 bits per heavy atom. The first kappa shape index (κ1) is 12.5. The molecule has 2 nitrogen and oxygen atoms in total. The molecular formula is C16H15ClO2. The van der Waals surface area contributed by atoms with Crippen LogP contribution in [0.3, 0.4) is 0 Å².